The number of carbonyl (C=O) groups excluding carboxylic acids is 1. The molecule has 164 valence electrons. The van der Waals surface area contributed by atoms with Crippen LogP contribution in [0.1, 0.15) is 38.8 Å². The van der Waals surface area contributed by atoms with Crippen LogP contribution in [-0.2, 0) is 10.2 Å². The van der Waals surface area contributed by atoms with Crippen LogP contribution in [0.2, 0.25) is 0 Å². The van der Waals surface area contributed by atoms with Crippen LogP contribution < -0.4 is 17.2 Å². The molecule has 3 aromatic rings. The summed E-state index contributed by atoms with van der Waals surface area (Å²) in [5.74, 6) is 0.167. The second kappa shape index (κ2) is 14.0. The highest BCUT2D eigenvalue weighted by Gasteiger charge is 2.22. The third-order valence-corrected chi connectivity index (χ3v) is 4.06. The van der Waals surface area contributed by atoms with Crippen molar-refractivity contribution < 1.29 is 10.3 Å². The quantitative estimate of drug-likeness (QED) is 0.510. The fourth-order valence-electron chi connectivity index (χ4n) is 2.42. The molecule has 0 radical (unpaired) electrons. The number of para-hydroxylation sites is 1. The first-order valence-corrected chi connectivity index (χ1v) is 9.12. The van der Waals surface area contributed by atoms with Crippen LogP contribution >= 0.6 is 12.4 Å². The van der Waals surface area contributed by atoms with E-state index in [9.17, 15) is 4.79 Å². The summed E-state index contributed by atoms with van der Waals surface area (Å²) in [5.41, 5.74) is 21.6. The van der Waals surface area contributed by atoms with E-state index in [1.54, 1.807) is 0 Å². The van der Waals surface area contributed by atoms with E-state index in [2.05, 4.69) is 38.1 Å². The molecule has 0 atom stereocenters. The van der Waals surface area contributed by atoms with E-state index in [-0.39, 0.29) is 29.1 Å². The van der Waals surface area contributed by atoms with Gasteiger partial charge in [0.2, 0.25) is 0 Å². The fraction of sp³-hybridized carbons (Fsp3) is 0.208. The van der Waals surface area contributed by atoms with Gasteiger partial charge in [0.15, 0.2) is 0 Å². The van der Waals surface area contributed by atoms with Gasteiger partial charge in [0, 0.05) is 22.5 Å². The van der Waals surface area contributed by atoms with Crippen LogP contribution in [0.4, 0.5) is 17.1 Å². The van der Waals surface area contributed by atoms with Crippen LogP contribution in [0, 0.1) is 0 Å². The molecule has 3 aromatic carbocycles. The summed E-state index contributed by atoms with van der Waals surface area (Å²) < 4.78 is 0. The van der Waals surface area contributed by atoms with Crippen molar-refractivity contribution in [2.45, 2.75) is 33.1 Å². The summed E-state index contributed by atoms with van der Waals surface area (Å²) in [6.45, 7) is 7.45. The number of halogens is 1. The summed E-state index contributed by atoms with van der Waals surface area (Å²) in [4.78, 5) is 9.44. The van der Waals surface area contributed by atoms with Gasteiger partial charge in [0.05, 0.1) is 0 Å². The van der Waals surface area contributed by atoms with Crippen LogP contribution in [-0.4, -0.2) is 11.3 Å². The van der Waals surface area contributed by atoms with Gasteiger partial charge in [-0.25, -0.2) is 0 Å². The maximum absolute atomic E-state index is 9.44. The number of rotatable bonds is 2. The van der Waals surface area contributed by atoms with Crippen molar-refractivity contribution in [1.29, 1.82) is 0 Å². The monoisotopic (exact) mass is 431 g/mol. The van der Waals surface area contributed by atoms with Crippen LogP contribution in [0.3, 0.4) is 0 Å². The van der Waals surface area contributed by atoms with Gasteiger partial charge in [0.1, 0.15) is 5.78 Å². The zero-order valence-corrected chi connectivity index (χ0v) is 18.9. The number of Topliss-reactive ketones (excluding diaryl/α,β-unsaturated/α-hetero) is 1. The smallest absolute Gasteiger partial charge is 0.126 e. The van der Waals surface area contributed by atoms with Crippen molar-refractivity contribution in [1.82, 2.24) is 0 Å². The Morgan fingerprint density at radius 2 is 0.900 bits per heavy atom. The third-order valence-electron chi connectivity index (χ3n) is 4.06. The SMILES string of the molecule is CC(C)(c1ccc(N)cc1)c1ccc(N)cc1.CC(C)=O.Cl.Nc1ccccc1.O. The molecule has 0 heterocycles. The molecule has 30 heavy (non-hydrogen) atoms. The zero-order chi connectivity index (χ0) is 21.2. The lowest BCUT2D eigenvalue weighted by Crippen LogP contribution is -2.18. The van der Waals surface area contributed by atoms with E-state index < -0.39 is 0 Å². The number of hydrogen-bond donors (Lipinski definition) is 3. The van der Waals surface area contributed by atoms with Gasteiger partial charge in [-0.1, -0.05) is 56.3 Å². The van der Waals surface area contributed by atoms with E-state index in [0.717, 1.165) is 17.1 Å². The van der Waals surface area contributed by atoms with Crippen molar-refractivity contribution in [3.63, 3.8) is 0 Å². The predicted octanol–water partition coefficient (Wildman–Crippen LogP) is 4.64. The van der Waals surface area contributed by atoms with Gasteiger partial charge in [-0.15, -0.1) is 12.4 Å². The highest BCUT2D eigenvalue weighted by molar-refractivity contribution is 5.85. The normalized spacial score (nSPS) is 9.33. The van der Waals surface area contributed by atoms with Gasteiger partial charge in [0.25, 0.3) is 0 Å². The number of carbonyl (C=O) groups is 1. The highest BCUT2D eigenvalue weighted by atomic mass is 35.5. The zero-order valence-electron chi connectivity index (χ0n) is 18.1. The molecule has 0 bridgehead atoms. The minimum absolute atomic E-state index is 0. The minimum Gasteiger partial charge on any atom is -0.412 e. The molecular weight excluding hydrogens is 398 g/mol. The van der Waals surface area contributed by atoms with E-state index in [4.69, 9.17) is 17.2 Å². The number of benzene rings is 3. The minimum atomic E-state index is -0.0403. The molecule has 0 amide bonds. The second-order valence-electron chi connectivity index (χ2n) is 7.19. The third kappa shape index (κ3) is 10.5. The van der Waals surface area contributed by atoms with Crippen molar-refractivity contribution in [3.8, 4) is 0 Å². The summed E-state index contributed by atoms with van der Waals surface area (Å²) >= 11 is 0. The van der Waals surface area contributed by atoms with E-state index >= 15 is 0 Å². The molecular formula is C24H34ClN3O2. The number of nitrogens with two attached hydrogens (primary N) is 3. The standard InChI is InChI=1S/C15H18N2.C6H7N.C3H6O.ClH.H2O/c1-15(2,11-3-7-13(16)8-4-11)12-5-9-14(17)10-6-12;7-6-4-2-1-3-5-6;1-3(2)4;;/h3-10H,16-17H2,1-2H3;1-5H,7H2;1-2H3;1H;1H2. The average Bonchev–Trinajstić information content (AvgIpc) is 2.63. The molecule has 3 rings (SSSR count). The molecule has 0 saturated heterocycles. The maximum Gasteiger partial charge on any atom is 0.126 e. The van der Waals surface area contributed by atoms with E-state index in [1.165, 1.54) is 25.0 Å². The Bertz CT molecular complexity index is 798. The molecule has 0 aliphatic rings. The Balaban J connectivity index is 0. The summed E-state index contributed by atoms with van der Waals surface area (Å²) in [5, 5.41) is 0. The van der Waals surface area contributed by atoms with Crippen molar-refractivity contribution in [2.75, 3.05) is 17.2 Å². The predicted molar refractivity (Wildman–Crippen MR) is 132 cm³/mol. The first-order valence-electron chi connectivity index (χ1n) is 9.12. The van der Waals surface area contributed by atoms with Crippen LogP contribution in [0.15, 0.2) is 78.9 Å². The Labute approximate surface area is 186 Å². The molecule has 5 nitrogen and oxygen atoms in total. The molecule has 8 N–H and O–H groups in total. The van der Waals surface area contributed by atoms with Gasteiger partial charge in [-0.3, -0.25) is 0 Å². The average molecular weight is 432 g/mol. The number of ketones is 1. The first-order chi connectivity index (χ1) is 13.1. The summed E-state index contributed by atoms with van der Waals surface area (Å²) in [7, 11) is 0. The number of nitrogen functional groups attached to an aromatic ring is 3. The molecule has 0 saturated carbocycles. The van der Waals surface area contributed by atoms with Crippen molar-refractivity contribution in [2.24, 2.45) is 0 Å². The van der Waals surface area contributed by atoms with Crippen molar-refractivity contribution in [3.05, 3.63) is 90.0 Å². The highest BCUT2D eigenvalue weighted by Crippen LogP contribution is 2.32. The maximum atomic E-state index is 9.44. The lowest BCUT2D eigenvalue weighted by atomic mass is 9.78. The molecule has 0 fully saturated rings. The number of hydrogen-bond acceptors (Lipinski definition) is 4. The molecule has 0 spiro atoms. The number of anilines is 3. The molecule has 6 heteroatoms. The van der Waals surface area contributed by atoms with Gasteiger partial charge >= 0.3 is 0 Å². The molecule has 0 aliphatic carbocycles. The second-order valence-corrected chi connectivity index (χ2v) is 7.19. The first kappa shape index (κ1) is 29.2. The van der Waals surface area contributed by atoms with Gasteiger partial charge < -0.3 is 27.5 Å². The van der Waals surface area contributed by atoms with Crippen molar-refractivity contribution >= 4 is 35.3 Å². The topological polar surface area (TPSA) is 127 Å². The van der Waals surface area contributed by atoms with E-state index in [0.29, 0.717) is 0 Å². The fourth-order valence-corrected chi connectivity index (χ4v) is 2.42. The largest absolute Gasteiger partial charge is 0.412 e. The van der Waals surface area contributed by atoms with E-state index in [1.807, 2.05) is 54.6 Å². The van der Waals surface area contributed by atoms with Crippen LogP contribution in [0.25, 0.3) is 0 Å². The lowest BCUT2D eigenvalue weighted by Gasteiger charge is -2.26. The Hall–Kier alpha value is -3.02. The molecule has 0 aromatic heterocycles. The van der Waals surface area contributed by atoms with Gasteiger partial charge in [-0.05, 0) is 61.4 Å². The summed E-state index contributed by atoms with van der Waals surface area (Å²) in [6, 6.07) is 25.5. The summed E-state index contributed by atoms with van der Waals surface area (Å²) in [6.07, 6.45) is 0. The lowest BCUT2D eigenvalue weighted by molar-refractivity contribution is -0.114. The Morgan fingerprint density at radius 1 is 0.633 bits per heavy atom. The Morgan fingerprint density at radius 3 is 1.13 bits per heavy atom. The van der Waals surface area contributed by atoms with Gasteiger partial charge in [-0.2, -0.15) is 0 Å². The van der Waals surface area contributed by atoms with Crippen LogP contribution in [0.5, 0.6) is 0 Å². The Kier molecular flexibility index (Phi) is 13.7. The molecule has 0 unspecified atom stereocenters. The molecule has 0 aliphatic heterocycles.